The third kappa shape index (κ3) is 4.98. The summed E-state index contributed by atoms with van der Waals surface area (Å²) in [7, 11) is 0. The minimum Gasteiger partial charge on any atom is -0.369 e. The third-order valence-corrected chi connectivity index (χ3v) is 4.17. The highest BCUT2D eigenvalue weighted by atomic mass is 35.5. The molecule has 3 N–H and O–H groups in total. The number of halogens is 2. The summed E-state index contributed by atoms with van der Waals surface area (Å²) in [4.78, 5) is 23.2. The second kappa shape index (κ2) is 7.99. The molecule has 0 atom stereocenters. The van der Waals surface area contributed by atoms with Crippen LogP contribution in [0.3, 0.4) is 0 Å². The lowest BCUT2D eigenvalue weighted by Gasteiger charge is -2.10. The van der Waals surface area contributed by atoms with Crippen molar-refractivity contribution in [3.63, 3.8) is 0 Å². The Labute approximate surface area is 144 Å². The van der Waals surface area contributed by atoms with Crippen LogP contribution < -0.4 is 11.1 Å². The predicted octanol–water partition coefficient (Wildman–Crippen LogP) is 3.59. The molecule has 0 aliphatic heterocycles. The van der Waals surface area contributed by atoms with Crippen molar-refractivity contribution in [3.05, 3.63) is 63.6 Å². The Morgan fingerprint density at radius 2 is 1.70 bits per heavy atom. The Morgan fingerprint density at radius 1 is 1.00 bits per heavy atom. The summed E-state index contributed by atoms with van der Waals surface area (Å²) in [5.41, 5.74) is 7.31. The summed E-state index contributed by atoms with van der Waals surface area (Å²) in [6.45, 7) is 0. The second-order valence-electron chi connectivity index (χ2n) is 5.06. The highest BCUT2D eigenvalue weighted by Crippen LogP contribution is 2.26. The zero-order valence-corrected chi connectivity index (χ0v) is 13.8. The minimum atomic E-state index is -0.447. The molecule has 0 saturated heterocycles. The fraction of sp³-hybridized carbons (Fsp3) is 0.176. The van der Waals surface area contributed by atoms with E-state index in [2.05, 4.69) is 5.32 Å². The molecule has 0 aromatic heterocycles. The quantitative estimate of drug-likeness (QED) is 0.835. The van der Waals surface area contributed by atoms with Crippen LogP contribution in [0.4, 0.5) is 5.69 Å². The number of carbonyl (C=O) groups is 2. The summed E-state index contributed by atoms with van der Waals surface area (Å²) >= 11 is 12.1. The molecule has 0 aliphatic carbocycles. The van der Waals surface area contributed by atoms with E-state index in [1.807, 2.05) is 6.07 Å². The molecule has 4 nitrogen and oxygen atoms in total. The highest BCUT2D eigenvalue weighted by molar-refractivity contribution is 6.42. The maximum atomic E-state index is 12.1. The number of benzene rings is 2. The van der Waals surface area contributed by atoms with Gasteiger partial charge in [-0.1, -0.05) is 53.5 Å². The number of amides is 2. The average molecular weight is 351 g/mol. The van der Waals surface area contributed by atoms with Gasteiger partial charge in [0.05, 0.1) is 16.5 Å². The van der Waals surface area contributed by atoms with Gasteiger partial charge in [0.15, 0.2) is 0 Å². The zero-order chi connectivity index (χ0) is 16.8. The van der Waals surface area contributed by atoms with E-state index in [0.717, 1.165) is 5.56 Å². The third-order valence-electron chi connectivity index (χ3n) is 3.31. The molecule has 0 unspecified atom stereocenters. The monoisotopic (exact) mass is 350 g/mol. The van der Waals surface area contributed by atoms with Crippen molar-refractivity contribution in [1.82, 2.24) is 0 Å². The Hall–Kier alpha value is -2.04. The van der Waals surface area contributed by atoms with Crippen LogP contribution in [0.1, 0.15) is 17.5 Å². The normalized spacial score (nSPS) is 10.3. The Balaban J connectivity index is 2.00. The van der Waals surface area contributed by atoms with Gasteiger partial charge >= 0.3 is 0 Å². The smallest absolute Gasteiger partial charge is 0.224 e. The number of aryl methyl sites for hydroxylation is 1. The predicted molar refractivity (Wildman–Crippen MR) is 92.8 cm³/mol. The molecule has 120 valence electrons. The number of hydrogen-bond donors (Lipinski definition) is 2. The summed E-state index contributed by atoms with van der Waals surface area (Å²) in [5.74, 6) is -0.615. The van der Waals surface area contributed by atoms with Crippen molar-refractivity contribution >= 4 is 40.7 Å². The lowest BCUT2D eigenvalue weighted by atomic mass is 10.1. The number of rotatable bonds is 6. The van der Waals surface area contributed by atoms with E-state index in [1.165, 1.54) is 0 Å². The van der Waals surface area contributed by atoms with Gasteiger partial charge in [0.2, 0.25) is 11.8 Å². The molecule has 0 saturated carbocycles. The van der Waals surface area contributed by atoms with Crippen molar-refractivity contribution < 1.29 is 9.59 Å². The summed E-state index contributed by atoms with van der Waals surface area (Å²) in [6, 6.07) is 12.4. The van der Waals surface area contributed by atoms with Crippen LogP contribution in [0, 0.1) is 0 Å². The molecule has 0 heterocycles. The van der Waals surface area contributed by atoms with Crippen LogP contribution in [-0.2, 0) is 22.4 Å². The summed E-state index contributed by atoms with van der Waals surface area (Å²) in [5, 5.41) is 3.73. The van der Waals surface area contributed by atoms with E-state index in [9.17, 15) is 9.59 Å². The fourth-order valence-electron chi connectivity index (χ4n) is 2.19. The van der Waals surface area contributed by atoms with Crippen molar-refractivity contribution in [3.8, 4) is 0 Å². The minimum absolute atomic E-state index is 0.0799. The van der Waals surface area contributed by atoms with E-state index >= 15 is 0 Å². The van der Waals surface area contributed by atoms with Crippen molar-refractivity contribution in [1.29, 1.82) is 0 Å². The number of para-hydroxylation sites is 1. The van der Waals surface area contributed by atoms with Gasteiger partial charge in [-0.3, -0.25) is 9.59 Å². The van der Waals surface area contributed by atoms with E-state index < -0.39 is 5.91 Å². The molecule has 2 rings (SSSR count). The van der Waals surface area contributed by atoms with Gasteiger partial charge in [-0.05, 0) is 29.7 Å². The molecule has 0 radical (unpaired) electrons. The van der Waals surface area contributed by atoms with E-state index in [-0.39, 0.29) is 18.7 Å². The van der Waals surface area contributed by atoms with E-state index in [0.29, 0.717) is 27.7 Å². The molecule has 2 aromatic carbocycles. The average Bonchev–Trinajstić information content (AvgIpc) is 2.50. The first-order valence-corrected chi connectivity index (χ1v) is 7.82. The number of hydrogen-bond acceptors (Lipinski definition) is 2. The van der Waals surface area contributed by atoms with Crippen LogP contribution in [0.5, 0.6) is 0 Å². The molecule has 2 aromatic rings. The number of nitrogens with one attached hydrogen (secondary N) is 1. The zero-order valence-electron chi connectivity index (χ0n) is 12.3. The van der Waals surface area contributed by atoms with Gasteiger partial charge in [-0.15, -0.1) is 0 Å². The Morgan fingerprint density at radius 3 is 2.43 bits per heavy atom. The second-order valence-corrected chi connectivity index (χ2v) is 5.85. The fourth-order valence-corrected chi connectivity index (χ4v) is 2.60. The molecule has 0 bridgehead atoms. The van der Waals surface area contributed by atoms with Crippen LogP contribution in [0.15, 0.2) is 42.5 Å². The number of nitrogens with two attached hydrogens (primary N) is 1. The largest absolute Gasteiger partial charge is 0.369 e. The Kier molecular flexibility index (Phi) is 6.02. The van der Waals surface area contributed by atoms with Crippen LogP contribution in [-0.4, -0.2) is 11.8 Å². The number of anilines is 1. The summed E-state index contributed by atoms with van der Waals surface area (Å²) in [6.07, 6.45) is 0.810. The van der Waals surface area contributed by atoms with E-state index in [1.54, 1.807) is 36.4 Å². The van der Waals surface area contributed by atoms with Crippen molar-refractivity contribution in [2.75, 3.05) is 5.32 Å². The van der Waals surface area contributed by atoms with Gasteiger partial charge in [0.25, 0.3) is 0 Å². The SMILES string of the molecule is NC(=O)Cc1ccccc1NC(=O)CCc1cccc(Cl)c1Cl. The van der Waals surface area contributed by atoms with Gasteiger partial charge in [0.1, 0.15) is 0 Å². The summed E-state index contributed by atoms with van der Waals surface area (Å²) < 4.78 is 0. The maximum absolute atomic E-state index is 12.1. The maximum Gasteiger partial charge on any atom is 0.224 e. The van der Waals surface area contributed by atoms with Gasteiger partial charge in [0, 0.05) is 12.1 Å². The highest BCUT2D eigenvalue weighted by Gasteiger charge is 2.10. The standard InChI is InChI=1S/C17H16Cl2N2O2/c18-13-6-3-5-11(17(13)19)8-9-16(23)21-14-7-2-1-4-12(14)10-15(20)22/h1-7H,8-10H2,(H2,20,22)(H,21,23). The molecule has 0 aliphatic rings. The molecular formula is C17H16Cl2N2O2. The van der Waals surface area contributed by atoms with Gasteiger partial charge in [-0.25, -0.2) is 0 Å². The van der Waals surface area contributed by atoms with Gasteiger partial charge < -0.3 is 11.1 Å². The lowest BCUT2D eigenvalue weighted by Crippen LogP contribution is -2.17. The molecule has 0 fully saturated rings. The molecule has 23 heavy (non-hydrogen) atoms. The Bertz CT molecular complexity index is 732. The van der Waals surface area contributed by atoms with Gasteiger partial charge in [-0.2, -0.15) is 0 Å². The first-order valence-electron chi connectivity index (χ1n) is 7.06. The molecule has 0 spiro atoms. The first kappa shape index (κ1) is 17.3. The van der Waals surface area contributed by atoms with Crippen LogP contribution in [0.2, 0.25) is 10.0 Å². The van der Waals surface area contributed by atoms with E-state index in [4.69, 9.17) is 28.9 Å². The number of carbonyl (C=O) groups excluding carboxylic acids is 2. The van der Waals surface area contributed by atoms with Crippen molar-refractivity contribution in [2.45, 2.75) is 19.3 Å². The van der Waals surface area contributed by atoms with Crippen LogP contribution in [0.25, 0.3) is 0 Å². The first-order chi connectivity index (χ1) is 11.0. The lowest BCUT2D eigenvalue weighted by molar-refractivity contribution is -0.118. The number of primary amides is 1. The molecular weight excluding hydrogens is 335 g/mol. The topological polar surface area (TPSA) is 72.2 Å². The molecule has 6 heteroatoms. The molecule has 2 amide bonds. The van der Waals surface area contributed by atoms with Crippen LogP contribution >= 0.6 is 23.2 Å². The van der Waals surface area contributed by atoms with Crippen molar-refractivity contribution in [2.24, 2.45) is 5.73 Å².